The number of carbonyl (C=O) groups is 6. The molecule has 38 heavy (non-hydrogen) atoms. The Morgan fingerprint density at radius 3 is 1.87 bits per heavy atom. The minimum atomic E-state index is -1.77. The molecule has 0 spiro atoms. The van der Waals surface area contributed by atoms with Gasteiger partial charge in [0.05, 0.1) is 25.2 Å². The van der Waals surface area contributed by atoms with E-state index in [1.54, 1.807) is 30.3 Å². The maximum Gasteiger partial charge on any atom is 0.326 e. The Morgan fingerprint density at radius 2 is 1.34 bits per heavy atom. The lowest BCUT2D eigenvalue weighted by Crippen LogP contribution is -2.58. The molecule has 1 heterocycles. The molecule has 0 fully saturated rings. The number of carboxylic acid groups (broad SMARTS) is 3. The van der Waals surface area contributed by atoms with Crippen molar-refractivity contribution in [3.05, 3.63) is 54.1 Å². The van der Waals surface area contributed by atoms with Crippen LogP contribution in [0.2, 0.25) is 0 Å². The van der Waals surface area contributed by atoms with Gasteiger partial charge in [0.15, 0.2) is 0 Å². The minimum absolute atomic E-state index is 0.0482. The summed E-state index contributed by atoms with van der Waals surface area (Å²) in [5, 5.41) is 34.1. The highest BCUT2D eigenvalue weighted by molar-refractivity contribution is 5.95. The molecule has 0 bridgehead atoms. The molecule has 0 aliphatic heterocycles. The lowest BCUT2D eigenvalue weighted by molar-refractivity contribution is -0.147. The van der Waals surface area contributed by atoms with E-state index in [9.17, 15) is 33.9 Å². The predicted octanol–water partition coefficient (Wildman–Crippen LogP) is -1.99. The van der Waals surface area contributed by atoms with Crippen LogP contribution in [-0.4, -0.2) is 85.1 Å². The Balaban J connectivity index is 2.27. The zero-order valence-corrected chi connectivity index (χ0v) is 20.0. The van der Waals surface area contributed by atoms with Crippen LogP contribution in [0.4, 0.5) is 0 Å². The first-order chi connectivity index (χ1) is 18.0. The predicted molar refractivity (Wildman–Crippen MR) is 128 cm³/mol. The fraction of sp³-hybridized carbons (Fsp3) is 0.348. The Labute approximate surface area is 215 Å². The molecular weight excluding hydrogens is 504 g/mol. The summed E-state index contributed by atoms with van der Waals surface area (Å²) in [6, 6.07) is 2.59. The van der Waals surface area contributed by atoms with Gasteiger partial charge in [-0.1, -0.05) is 30.3 Å². The number of carboxylic acids is 3. The van der Waals surface area contributed by atoms with Crippen LogP contribution in [-0.2, 0) is 41.6 Å². The number of imidazole rings is 1. The van der Waals surface area contributed by atoms with Crippen molar-refractivity contribution in [3.63, 3.8) is 0 Å². The molecule has 1 aromatic heterocycles. The lowest BCUT2D eigenvalue weighted by Gasteiger charge is -2.25. The van der Waals surface area contributed by atoms with Gasteiger partial charge in [0.1, 0.15) is 18.1 Å². The average molecular weight is 533 g/mol. The van der Waals surface area contributed by atoms with Crippen molar-refractivity contribution in [2.24, 2.45) is 5.73 Å². The molecule has 4 unspecified atom stereocenters. The third-order valence-corrected chi connectivity index (χ3v) is 5.25. The quantitative estimate of drug-likeness (QED) is 0.125. The SMILES string of the molecule is NC(CC(=O)O)C(=O)NC(Cc1ccccc1)C(=O)NC(Cc1cnc[nH]1)C(=O)NC(CC(=O)O)C(=O)O. The number of H-pyrrole nitrogens is 1. The van der Waals surface area contributed by atoms with Crippen LogP contribution in [0.1, 0.15) is 24.1 Å². The van der Waals surface area contributed by atoms with E-state index in [0.717, 1.165) is 0 Å². The molecule has 1 aromatic carbocycles. The summed E-state index contributed by atoms with van der Waals surface area (Å²) in [4.78, 5) is 78.6. The number of carbonyl (C=O) groups excluding carboxylic acids is 3. The third-order valence-electron chi connectivity index (χ3n) is 5.25. The summed E-state index contributed by atoms with van der Waals surface area (Å²) < 4.78 is 0. The zero-order chi connectivity index (χ0) is 28.2. The van der Waals surface area contributed by atoms with Crippen molar-refractivity contribution in [1.82, 2.24) is 25.9 Å². The molecule has 204 valence electrons. The van der Waals surface area contributed by atoms with Crippen LogP contribution in [0.3, 0.4) is 0 Å². The van der Waals surface area contributed by atoms with Gasteiger partial charge in [-0.25, -0.2) is 9.78 Å². The van der Waals surface area contributed by atoms with Crippen molar-refractivity contribution in [2.75, 3.05) is 0 Å². The van der Waals surface area contributed by atoms with Crippen LogP contribution < -0.4 is 21.7 Å². The van der Waals surface area contributed by atoms with E-state index in [4.69, 9.17) is 15.9 Å². The fourth-order valence-electron chi connectivity index (χ4n) is 3.36. The molecular formula is C23H28N6O9. The summed E-state index contributed by atoms with van der Waals surface area (Å²) in [7, 11) is 0. The van der Waals surface area contributed by atoms with Crippen molar-refractivity contribution in [2.45, 2.75) is 49.9 Å². The molecule has 0 aliphatic carbocycles. The Bertz CT molecular complexity index is 1140. The van der Waals surface area contributed by atoms with Gasteiger partial charge in [0.2, 0.25) is 17.7 Å². The van der Waals surface area contributed by atoms with Gasteiger partial charge in [0.25, 0.3) is 0 Å². The third kappa shape index (κ3) is 9.69. The number of rotatable bonds is 15. The maximum atomic E-state index is 13.3. The van der Waals surface area contributed by atoms with Crippen LogP contribution in [0.25, 0.3) is 0 Å². The van der Waals surface area contributed by atoms with Crippen molar-refractivity contribution in [1.29, 1.82) is 0 Å². The van der Waals surface area contributed by atoms with Crippen LogP contribution in [0, 0.1) is 0 Å². The van der Waals surface area contributed by atoms with Crippen LogP contribution in [0.15, 0.2) is 42.9 Å². The summed E-state index contributed by atoms with van der Waals surface area (Å²) in [5.41, 5.74) is 6.64. The molecule has 9 N–H and O–H groups in total. The van der Waals surface area contributed by atoms with E-state index in [1.165, 1.54) is 12.5 Å². The van der Waals surface area contributed by atoms with E-state index in [2.05, 4.69) is 25.9 Å². The molecule has 4 atom stereocenters. The lowest BCUT2D eigenvalue weighted by atomic mass is 10.0. The Kier molecular flexibility index (Phi) is 10.9. The van der Waals surface area contributed by atoms with E-state index in [1.807, 2.05) is 0 Å². The van der Waals surface area contributed by atoms with Crippen LogP contribution in [0.5, 0.6) is 0 Å². The normalized spacial score (nSPS) is 13.8. The van der Waals surface area contributed by atoms with Crippen molar-refractivity contribution < 1.29 is 44.1 Å². The van der Waals surface area contributed by atoms with E-state index < -0.39 is 72.6 Å². The van der Waals surface area contributed by atoms with Gasteiger partial charge < -0.3 is 42.0 Å². The summed E-state index contributed by atoms with van der Waals surface area (Å²) in [6.07, 6.45) is 0.872. The van der Waals surface area contributed by atoms with Gasteiger partial charge in [-0.15, -0.1) is 0 Å². The zero-order valence-electron chi connectivity index (χ0n) is 20.0. The minimum Gasteiger partial charge on any atom is -0.481 e. The molecule has 3 amide bonds. The Morgan fingerprint density at radius 1 is 0.789 bits per heavy atom. The number of nitrogens with zero attached hydrogens (tertiary/aromatic N) is 1. The number of aromatic amines is 1. The van der Waals surface area contributed by atoms with Crippen molar-refractivity contribution in [3.8, 4) is 0 Å². The number of amides is 3. The fourth-order valence-corrected chi connectivity index (χ4v) is 3.36. The van der Waals surface area contributed by atoms with E-state index in [-0.39, 0.29) is 12.8 Å². The first kappa shape index (κ1) is 29.4. The largest absolute Gasteiger partial charge is 0.481 e. The molecule has 0 saturated carbocycles. The van der Waals surface area contributed by atoms with Gasteiger partial charge in [-0.2, -0.15) is 0 Å². The molecule has 0 saturated heterocycles. The van der Waals surface area contributed by atoms with Crippen molar-refractivity contribution >= 4 is 35.6 Å². The monoisotopic (exact) mass is 532 g/mol. The molecule has 2 rings (SSSR count). The molecule has 2 aromatic rings. The van der Waals surface area contributed by atoms with Gasteiger partial charge >= 0.3 is 17.9 Å². The van der Waals surface area contributed by atoms with Gasteiger partial charge in [0, 0.05) is 24.7 Å². The van der Waals surface area contributed by atoms with Gasteiger partial charge in [-0.3, -0.25) is 24.0 Å². The molecule has 15 heteroatoms. The topological polar surface area (TPSA) is 254 Å². The first-order valence-corrected chi connectivity index (χ1v) is 11.3. The highest BCUT2D eigenvalue weighted by Gasteiger charge is 2.32. The second kappa shape index (κ2) is 14.1. The summed E-state index contributed by atoms with van der Waals surface area (Å²) in [5.74, 6) is -7.12. The molecule has 0 aliphatic rings. The number of aliphatic carboxylic acids is 3. The first-order valence-electron chi connectivity index (χ1n) is 11.3. The standard InChI is InChI=1S/C23H28N6O9/c24-14(8-18(30)31)20(34)27-15(6-12-4-2-1-3-5-12)21(35)28-16(7-13-10-25-11-26-13)22(36)29-17(23(37)38)9-19(32)33/h1-5,10-11,14-17H,6-9,24H2,(H,25,26)(H,27,34)(H,28,35)(H,29,36)(H,30,31)(H,32,33)(H,37,38). The number of hydrogen-bond acceptors (Lipinski definition) is 8. The maximum absolute atomic E-state index is 13.3. The molecule has 0 radical (unpaired) electrons. The number of nitrogens with one attached hydrogen (secondary N) is 4. The highest BCUT2D eigenvalue weighted by Crippen LogP contribution is 2.07. The smallest absolute Gasteiger partial charge is 0.326 e. The average Bonchev–Trinajstić information content (AvgIpc) is 3.35. The number of benzene rings is 1. The highest BCUT2D eigenvalue weighted by atomic mass is 16.4. The second-order valence-corrected chi connectivity index (χ2v) is 8.29. The molecule has 15 nitrogen and oxygen atoms in total. The summed E-state index contributed by atoms with van der Waals surface area (Å²) in [6.45, 7) is 0. The number of aromatic nitrogens is 2. The second-order valence-electron chi connectivity index (χ2n) is 8.29. The number of nitrogens with two attached hydrogens (primary N) is 1. The van der Waals surface area contributed by atoms with E-state index in [0.29, 0.717) is 11.3 Å². The Hall–Kier alpha value is -4.79. The van der Waals surface area contributed by atoms with Gasteiger partial charge in [-0.05, 0) is 5.56 Å². The van der Waals surface area contributed by atoms with E-state index >= 15 is 0 Å². The number of hydrogen-bond donors (Lipinski definition) is 8. The van der Waals surface area contributed by atoms with Crippen LogP contribution >= 0.6 is 0 Å². The summed E-state index contributed by atoms with van der Waals surface area (Å²) >= 11 is 0.